The number of para-hydroxylation sites is 3. The van der Waals surface area contributed by atoms with Gasteiger partial charge >= 0.3 is 0 Å². The fourth-order valence-corrected chi connectivity index (χ4v) is 3.23. The molecule has 0 spiro atoms. The first-order valence-electron chi connectivity index (χ1n) is 9.67. The van der Waals surface area contributed by atoms with Crippen molar-refractivity contribution in [3.63, 3.8) is 0 Å². The molecule has 0 N–H and O–H groups in total. The first-order chi connectivity index (χ1) is 13.8. The molecule has 4 heteroatoms. The minimum Gasteiger partial charge on any atom is -0.492 e. The molecule has 0 amide bonds. The van der Waals surface area contributed by atoms with Crippen molar-refractivity contribution in [3.05, 3.63) is 90.3 Å². The molecule has 0 saturated heterocycles. The molecule has 142 valence electrons. The third-order valence-electron chi connectivity index (χ3n) is 4.76. The molecular weight excluding hydrogens is 348 g/mol. The van der Waals surface area contributed by atoms with Gasteiger partial charge in [0.15, 0.2) is 0 Å². The molecule has 0 aliphatic carbocycles. The fraction of sp³-hybridized carbons (Fsp3) is 0.208. The van der Waals surface area contributed by atoms with Gasteiger partial charge < -0.3 is 14.0 Å². The summed E-state index contributed by atoms with van der Waals surface area (Å²) in [5.74, 6) is 2.63. The fourth-order valence-electron chi connectivity index (χ4n) is 3.23. The van der Waals surface area contributed by atoms with Gasteiger partial charge in [-0.3, -0.25) is 0 Å². The van der Waals surface area contributed by atoms with E-state index in [-0.39, 0.29) is 0 Å². The Morgan fingerprint density at radius 2 is 1.50 bits per heavy atom. The first kappa shape index (κ1) is 18.1. The van der Waals surface area contributed by atoms with Gasteiger partial charge in [0.2, 0.25) is 0 Å². The average molecular weight is 372 g/mol. The highest BCUT2D eigenvalue weighted by Gasteiger charge is 2.11. The largest absolute Gasteiger partial charge is 0.492 e. The van der Waals surface area contributed by atoms with E-state index in [1.807, 2.05) is 60.7 Å². The summed E-state index contributed by atoms with van der Waals surface area (Å²) in [5.41, 5.74) is 3.37. The average Bonchev–Trinajstić information content (AvgIpc) is 3.11. The molecule has 0 radical (unpaired) electrons. The van der Waals surface area contributed by atoms with Crippen LogP contribution in [0.25, 0.3) is 11.0 Å². The molecule has 0 atom stereocenters. The van der Waals surface area contributed by atoms with Gasteiger partial charge in [-0.2, -0.15) is 0 Å². The van der Waals surface area contributed by atoms with Gasteiger partial charge in [0.1, 0.15) is 30.5 Å². The number of benzene rings is 3. The molecule has 4 rings (SSSR count). The molecule has 0 fully saturated rings. The maximum absolute atomic E-state index is 6.00. The second-order valence-electron chi connectivity index (χ2n) is 6.62. The molecule has 3 aromatic carbocycles. The van der Waals surface area contributed by atoms with Crippen molar-refractivity contribution in [2.24, 2.45) is 0 Å². The van der Waals surface area contributed by atoms with Gasteiger partial charge in [-0.25, -0.2) is 4.98 Å². The normalized spacial score (nSPS) is 10.9. The Kier molecular flexibility index (Phi) is 5.57. The zero-order valence-electron chi connectivity index (χ0n) is 16.0. The number of aryl methyl sites for hydroxylation is 1. The Labute approximate surface area is 165 Å². The van der Waals surface area contributed by atoms with Crippen LogP contribution < -0.4 is 9.47 Å². The zero-order valence-corrected chi connectivity index (χ0v) is 16.0. The van der Waals surface area contributed by atoms with Gasteiger partial charge in [0, 0.05) is 0 Å². The van der Waals surface area contributed by atoms with Crippen molar-refractivity contribution >= 4 is 11.0 Å². The van der Waals surface area contributed by atoms with Crippen LogP contribution in [0.15, 0.2) is 78.9 Å². The molecule has 0 aliphatic rings. The maximum atomic E-state index is 6.00. The van der Waals surface area contributed by atoms with Crippen molar-refractivity contribution in [2.45, 2.75) is 26.5 Å². The van der Waals surface area contributed by atoms with Gasteiger partial charge in [0.25, 0.3) is 0 Å². The lowest BCUT2D eigenvalue weighted by molar-refractivity contribution is 0.272. The minimum absolute atomic E-state index is 0.422. The second-order valence-corrected chi connectivity index (χ2v) is 6.62. The minimum atomic E-state index is 0.422. The van der Waals surface area contributed by atoms with Crippen molar-refractivity contribution in [1.82, 2.24) is 9.55 Å². The lowest BCUT2D eigenvalue weighted by atomic mass is 10.2. The summed E-state index contributed by atoms with van der Waals surface area (Å²) in [6.45, 7) is 3.85. The standard InChI is InChI=1S/C24H24N2O2/c1-2-19-12-14-21(15-13-19)28-18-24-25-22-10-6-7-11-23(22)26(24)16-17-27-20-8-4-3-5-9-20/h3-15H,2,16-18H2,1H3. The Hall–Kier alpha value is -3.27. The molecule has 1 aromatic heterocycles. The first-order valence-corrected chi connectivity index (χ1v) is 9.67. The van der Waals surface area contributed by atoms with E-state index in [1.54, 1.807) is 0 Å². The highest BCUT2D eigenvalue weighted by Crippen LogP contribution is 2.19. The van der Waals surface area contributed by atoms with Crippen LogP contribution >= 0.6 is 0 Å². The van der Waals surface area contributed by atoms with Gasteiger partial charge in [0.05, 0.1) is 17.6 Å². The van der Waals surface area contributed by atoms with Crippen LogP contribution in [0, 0.1) is 0 Å². The summed E-state index contributed by atoms with van der Waals surface area (Å²) < 4.78 is 14.1. The summed E-state index contributed by atoms with van der Waals surface area (Å²) in [5, 5.41) is 0. The third-order valence-corrected chi connectivity index (χ3v) is 4.76. The molecule has 0 saturated carbocycles. The van der Waals surface area contributed by atoms with Gasteiger partial charge in [-0.15, -0.1) is 0 Å². The van der Waals surface area contributed by atoms with Crippen LogP contribution in [-0.2, 0) is 19.6 Å². The van der Waals surface area contributed by atoms with Crippen LogP contribution in [0.5, 0.6) is 11.5 Å². The van der Waals surface area contributed by atoms with Crippen LogP contribution in [-0.4, -0.2) is 16.2 Å². The van der Waals surface area contributed by atoms with Crippen LogP contribution in [0.3, 0.4) is 0 Å². The molecule has 0 unspecified atom stereocenters. The molecule has 0 bridgehead atoms. The van der Waals surface area contributed by atoms with E-state index in [1.165, 1.54) is 5.56 Å². The Balaban J connectivity index is 1.49. The Morgan fingerprint density at radius 1 is 0.786 bits per heavy atom. The molecule has 1 heterocycles. The second kappa shape index (κ2) is 8.61. The quantitative estimate of drug-likeness (QED) is 0.423. The van der Waals surface area contributed by atoms with Gasteiger partial charge in [-0.05, 0) is 48.4 Å². The molecule has 4 aromatic rings. The van der Waals surface area contributed by atoms with E-state index >= 15 is 0 Å². The summed E-state index contributed by atoms with van der Waals surface area (Å²) in [4.78, 5) is 4.77. The summed E-state index contributed by atoms with van der Waals surface area (Å²) in [6.07, 6.45) is 1.03. The topological polar surface area (TPSA) is 36.3 Å². The maximum Gasteiger partial charge on any atom is 0.148 e. The van der Waals surface area contributed by atoms with E-state index in [9.17, 15) is 0 Å². The number of imidazole rings is 1. The van der Waals surface area contributed by atoms with Crippen molar-refractivity contribution in [1.29, 1.82) is 0 Å². The summed E-state index contributed by atoms with van der Waals surface area (Å²) >= 11 is 0. The lowest BCUT2D eigenvalue weighted by Gasteiger charge is -2.12. The van der Waals surface area contributed by atoms with Crippen LogP contribution in [0.1, 0.15) is 18.3 Å². The Bertz CT molecular complexity index is 1020. The van der Waals surface area contributed by atoms with E-state index in [0.29, 0.717) is 19.8 Å². The number of aromatic nitrogens is 2. The number of hydrogen-bond donors (Lipinski definition) is 0. The number of nitrogens with zero attached hydrogens (tertiary/aromatic N) is 2. The van der Waals surface area contributed by atoms with Crippen LogP contribution in [0.2, 0.25) is 0 Å². The number of ether oxygens (including phenoxy) is 2. The number of fused-ring (bicyclic) bond motifs is 1. The lowest BCUT2D eigenvalue weighted by Crippen LogP contribution is -2.13. The number of rotatable bonds is 8. The SMILES string of the molecule is CCc1ccc(OCc2nc3ccccc3n2CCOc2ccccc2)cc1. The van der Waals surface area contributed by atoms with Crippen LogP contribution in [0.4, 0.5) is 0 Å². The molecule has 0 aliphatic heterocycles. The predicted octanol–water partition coefficient (Wildman–Crippen LogP) is 5.26. The molecule has 28 heavy (non-hydrogen) atoms. The molecule has 4 nitrogen and oxygen atoms in total. The third kappa shape index (κ3) is 4.17. The Morgan fingerprint density at radius 3 is 2.29 bits per heavy atom. The summed E-state index contributed by atoms with van der Waals surface area (Å²) in [6, 6.07) is 26.3. The molecular formula is C24H24N2O2. The van der Waals surface area contributed by atoms with E-state index in [4.69, 9.17) is 14.5 Å². The van der Waals surface area contributed by atoms with E-state index in [0.717, 1.165) is 34.8 Å². The van der Waals surface area contributed by atoms with Crippen molar-refractivity contribution in [3.8, 4) is 11.5 Å². The predicted molar refractivity (Wildman–Crippen MR) is 112 cm³/mol. The summed E-state index contributed by atoms with van der Waals surface area (Å²) in [7, 11) is 0. The van der Waals surface area contributed by atoms with Crippen molar-refractivity contribution < 1.29 is 9.47 Å². The van der Waals surface area contributed by atoms with Crippen molar-refractivity contribution in [2.75, 3.05) is 6.61 Å². The van der Waals surface area contributed by atoms with Gasteiger partial charge in [-0.1, -0.05) is 49.4 Å². The van der Waals surface area contributed by atoms with E-state index in [2.05, 4.69) is 29.7 Å². The smallest absolute Gasteiger partial charge is 0.148 e. The highest BCUT2D eigenvalue weighted by atomic mass is 16.5. The number of hydrogen-bond acceptors (Lipinski definition) is 3. The highest BCUT2D eigenvalue weighted by molar-refractivity contribution is 5.75. The monoisotopic (exact) mass is 372 g/mol. The van der Waals surface area contributed by atoms with E-state index < -0.39 is 0 Å². The zero-order chi connectivity index (χ0) is 19.2.